The molecule has 3 aromatic rings. The molecule has 0 radical (unpaired) electrons. The van der Waals surface area contributed by atoms with E-state index in [-0.39, 0.29) is 6.61 Å². The molecule has 1 aliphatic rings. The summed E-state index contributed by atoms with van der Waals surface area (Å²) in [6.45, 7) is 8.11. The van der Waals surface area contributed by atoms with Gasteiger partial charge in [-0.2, -0.15) is 5.10 Å². The van der Waals surface area contributed by atoms with Crippen molar-refractivity contribution in [3.05, 3.63) is 76.6 Å². The van der Waals surface area contributed by atoms with E-state index >= 15 is 0 Å². The van der Waals surface area contributed by atoms with Gasteiger partial charge >= 0.3 is 0 Å². The molecule has 1 aromatic heterocycles. The van der Waals surface area contributed by atoms with Crippen LogP contribution in [0.4, 0.5) is 0 Å². The number of benzene rings is 2. The topological polar surface area (TPSA) is 59.8 Å². The van der Waals surface area contributed by atoms with Gasteiger partial charge in [0.15, 0.2) is 0 Å². The first kappa shape index (κ1) is 23.6. The highest BCUT2D eigenvalue weighted by atomic mass is 35.5. The van der Waals surface area contributed by atoms with E-state index in [1.54, 1.807) is 6.07 Å². The van der Waals surface area contributed by atoms with E-state index in [1.807, 2.05) is 41.9 Å². The van der Waals surface area contributed by atoms with Crippen LogP contribution in [0.5, 0.6) is 11.5 Å². The van der Waals surface area contributed by atoms with Crippen LogP contribution in [0, 0.1) is 13.8 Å². The fraction of sp³-hybridized carbons (Fsp3) is 0.423. The maximum Gasteiger partial charge on any atom is 0.120 e. The van der Waals surface area contributed by atoms with E-state index in [0.717, 1.165) is 43.3 Å². The number of halogens is 1. The van der Waals surface area contributed by atoms with E-state index < -0.39 is 5.60 Å². The van der Waals surface area contributed by atoms with Crippen molar-refractivity contribution in [3.8, 4) is 11.5 Å². The number of ether oxygens (including phenoxy) is 2. The Bertz CT molecular complexity index is 1060. The van der Waals surface area contributed by atoms with Crippen molar-refractivity contribution >= 4 is 11.6 Å². The van der Waals surface area contributed by atoms with Crippen molar-refractivity contribution in [2.24, 2.45) is 0 Å². The fourth-order valence-electron chi connectivity index (χ4n) is 4.19. The summed E-state index contributed by atoms with van der Waals surface area (Å²) in [6, 6.07) is 17.6. The number of piperidine rings is 1. The van der Waals surface area contributed by atoms with Gasteiger partial charge in [0.1, 0.15) is 30.3 Å². The van der Waals surface area contributed by atoms with Gasteiger partial charge in [-0.3, -0.25) is 9.58 Å². The van der Waals surface area contributed by atoms with Gasteiger partial charge in [0, 0.05) is 30.4 Å². The Morgan fingerprint density at radius 3 is 2.42 bits per heavy atom. The smallest absolute Gasteiger partial charge is 0.120 e. The summed E-state index contributed by atoms with van der Waals surface area (Å²) in [5.74, 6) is 1.56. The quantitative estimate of drug-likeness (QED) is 0.494. The lowest BCUT2D eigenvalue weighted by Gasteiger charge is -2.38. The number of rotatable bonds is 9. The van der Waals surface area contributed by atoms with Crippen LogP contribution in [0.25, 0.3) is 0 Å². The molecule has 0 aliphatic carbocycles. The van der Waals surface area contributed by atoms with Gasteiger partial charge in [0.05, 0.1) is 12.2 Å². The Hall–Kier alpha value is -2.54. The van der Waals surface area contributed by atoms with Gasteiger partial charge in [-0.1, -0.05) is 29.8 Å². The predicted octanol–water partition coefficient (Wildman–Crippen LogP) is 4.64. The molecular formula is C26H32ClN3O3. The summed E-state index contributed by atoms with van der Waals surface area (Å²) in [5, 5.41) is 16.0. The maximum atomic E-state index is 10.9. The molecule has 7 heteroatoms. The summed E-state index contributed by atoms with van der Waals surface area (Å²) >= 11 is 6.01. The Labute approximate surface area is 200 Å². The molecule has 1 N–H and O–H groups in total. The summed E-state index contributed by atoms with van der Waals surface area (Å²) in [6.07, 6.45) is 1.35. The minimum absolute atomic E-state index is 0.278. The van der Waals surface area contributed by atoms with Crippen LogP contribution in [0.3, 0.4) is 0 Å². The Morgan fingerprint density at radius 1 is 1.00 bits per heavy atom. The van der Waals surface area contributed by atoms with Crippen molar-refractivity contribution in [2.45, 2.75) is 45.4 Å². The maximum absolute atomic E-state index is 10.9. The molecule has 6 nitrogen and oxygen atoms in total. The zero-order chi connectivity index (χ0) is 23.3. The first-order valence-corrected chi connectivity index (χ1v) is 11.8. The number of aromatic nitrogens is 2. The summed E-state index contributed by atoms with van der Waals surface area (Å²) in [7, 11) is 0. The van der Waals surface area contributed by atoms with E-state index in [9.17, 15) is 5.11 Å². The molecule has 1 aliphatic heterocycles. The SMILES string of the molecule is Cc1cc(C)n(CCOc2cccc(CN3CCC(O)(COc4cccc(Cl)c4)CC3)c2)n1. The van der Waals surface area contributed by atoms with Crippen LogP contribution in [0.15, 0.2) is 54.6 Å². The number of aliphatic hydroxyl groups is 1. The second-order valence-corrected chi connectivity index (χ2v) is 9.33. The average Bonchev–Trinajstić information content (AvgIpc) is 3.11. The van der Waals surface area contributed by atoms with Crippen LogP contribution < -0.4 is 9.47 Å². The average molecular weight is 470 g/mol. The van der Waals surface area contributed by atoms with Crippen LogP contribution in [0.2, 0.25) is 5.02 Å². The minimum atomic E-state index is -0.813. The molecule has 1 fully saturated rings. The molecule has 2 heterocycles. The second-order valence-electron chi connectivity index (χ2n) is 8.89. The number of hydrogen-bond donors (Lipinski definition) is 1. The number of hydrogen-bond acceptors (Lipinski definition) is 5. The van der Waals surface area contributed by atoms with Crippen LogP contribution >= 0.6 is 11.6 Å². The molecule has 0 unspecified atom stereocenters. The zero-order valence-electron chi connectivity index (χ0n) is 19.3. The van der Waals surface area contributed by atoms with Crippen molar-refractivity contribution in [2.75, 3.05) is 26.3 Å². The largest absolute Gasteiger partial charge is 0.492 e. The molecule has 0 bridgehead atoms. The third-order valence-electron chi connectivity index (χ3n) is 6.07. The van der Waals surface area contributed by atoms with Gasteiger partial charge in [-0.05, 0) is 68.7 Å². The molecule has 0 spiro atoms. The van der Waals surface area contributed by atoms with Crippen LogP contribution in [-0.2, 0) is 13.1 Å². The molecule has 176 valence electrons. The molecule has 1 saturated heterocycles. The van der Waals surface area contributed by atoms with Gasteiger partial charge in [0.2, 0.25) is 0 Å². The standard InChI is InChI=1S/C26H32ClN3O3/c1-20-15-21(2)30(28-20)13-14-32-24-7-3-5-22(16-24)18-29-11-9-26(31,10-12-29)19-33-25-8-4-6-23(27)17-25/h3-8,15-17,31H,9-14,18-19H2,1-2H3. The molecule has 33 heavy (non-hydrogen) atoms. The van der Waals surface area contributed by atoms with Crippen molar-refractivity contribution < 1.29 is 14.6 Å². The molecule has 0 saturated carbocycles. The highest BCUT2D eigenvalue weighted by Crippen LogP contribution is 2.26. The lowest BCUT2D eigenvalue weighted by molar-refractivity contribution is -0.0537. The number of nitrogens with zero attached hydrogens (tertiary/aromatic N) is 3. The Morgan fingerprint density at radius 2 is 1.73 bits per heavy atom. The monoisotopic (exact) mass is 469 g/mol. The number of likely N-dealkylation sites (tertiary alicyclic amines) is 1. The Kier molecular flexibility index (Phi) is 7.58. The highest BCUT2D eigenvalue weighted by molar-refractivity contribution is 6.30. The molecule has 0 atom stereocenters. The fourth-order valence-corrected chi connectivity index (χ4v) is 4.37. The highest BCUT2D eigenvalue weighted by Gasteiger charge is 2.33. The van der Waals surface area contributed by atoms with Gasteiger partial charge in [-0.25, -0.2) is 0 Å². The summed E-state index contributed by atoms with van der Waals surface area (Å²) in [5.41, 5.74) is 2.57. The van der Waals surface area contributed by atoms with E-state index in [2.05, 4.69) is 35.1 Å². The van der Waals surface area contributed by atoms with E-state index in [1.165, 1.54) is 5.56 Å². The molecular weight excluding hydrogens is 438 g/mol. The van der Waals surface area contributed by atoms with Crippen molar-refractivity contribution in [1.29, 1.82) is 0 Å². The summed E-state index contributed by atoms with van der Waals surface area (Å²) in [4.78, 5) is 2.36. The first-order valence-electron chi connectivity index (χ1n) is 11.4. The third kappa shape index (κ3) is 6.73. The minimum Gasteiger partial charge on any atom is -0.492 e. The number of aryl methyl sites for hydroxylation is 2. The van der Waals surface area contributed by atoms with E-state index in [0.29, 0.717) is 30.2 Å². The van der Waals surface area contributed by atoms with Crippen LogP contribution in [0.1, 0.15) is 29.8 Å². The third-order valence-corrected chi connectivity index (χ3v) is 6.31. The normalized spacial score (nSPS) is 16.0. The molecule has 0 amide bonds. The zero-order valence-corrected chi connectivity index (χ0v) is 20.1. The second kappa shape index (κ2) is 10.6. The lowest BCUT2D eigenvalue weighted by atomic mass is 9.92. The van der Waals surface area contributed by atoms with Gasteiger partial charge in [-0.15, -0.1) is 0 Å². The summed E-state index contributed by atoms with van der Waals surface area (Å²) < 4.78 is 13.8. The predicted molar refractivity (Wildman–Crippen MR) is 130 cm³/mol. The van der Waals surface area contributed by atoms with E-state index in [4.69, 9.17) is 21.1 Å². The van der Waals surface area contributed by atoms with Gasteiger partial charge in [0.25, 0.3) is 0 Å². The lowest BCUT2D eigenvalue weighted by Crippen LogP contribution is -2.47. The van der Waals surface area contributed by atoms with Crippen molar-refractivity contribution in [3.63, 3.8) is 0 Å². The first-order chi connectivity index (χ1) is 15.9. The van der Waals surface area contributed by atoms with Crippen molar-refractivity contribution in [1.82, 2.24) is 14.7 Å². The van der Waals surface area contributed by atoms with Gasteiger partial charge < -0.3 is 14.6 Å². The molecule has 4 rings (SSSR count). The molecule has 2 aromatic carbocycles. The Balaban J connectivity index is 1.23. The van der Waals surface area contributed by atoms with Crippen LogP contribution in [-0.4, -0.2) is 51.7 Å².